The van der Waals surface area contributed by atoms with Gasteiger partial charge in [0.15, 0.2) is 0 Å². The molecule has 0 aromatic carbocycles. The first-order chi connectivity index (χ1) is 9.77. The Morgan fingerprint density at radius 2 is 2.00 bits per heavy atom. The van der Waals surface area contributed by atoms with Gasteiger partial charge in [-0.2, -0.15) is 0 Å². The highest BCUT2D eigenvalue weighted by atomic mass is 79.9. The summed E-state index contributed by atoms with van der Waals surface area (Å²) < 4.78 is 0.741. The smallest absolute Gasteiger partial charge is 0.237 e. The zero-order valence-corrected chi connectivity index (χ0v) is 14.5. The van der Waals surface area contributed by atoms with E-state index in [4.69, 9.17) is 5.73 Å². The molecule has 6 heteroatoms. The number of anilines is 1. The van der Waals surface area contributed by atoms with Gasteiger partial charge in [-0.25, -0.2) is 9.97 Å². The highest BCUT2D eigenvalue weighted by Crippen LogP contribution is 2.30. The van der Waals surface area contributed by atoms with Crippen molar-refractivity contribution >= 4 is 27.7 Å². The molecule has 2 rings (SSSR count). The van der Waals surface area contributed by atoms with Gasteiger partial charge in [-0.15, -0.1) is 0 Å². The number of carbonyl (C=O) groups excluding carboxylic acids is 1. The Labute approximate surface area is 134 Å². The highest BCUT2D eigenvalue weighted by Gasteiger charge is 2.27. The van der Waals surface area contributed by atoms with Crippen molar-refractivity contribution < 1.29 is 4.79 Å². The molecule has 1 aliphatic carbocycles. The van der Waals surface area contributed by atoms with E-state index >= 15 is 0 Å². The number of nitrogens with two attached hydrogens (primary N) is 1. The van der Waals surface area contributed by atoms with Crippen molar-refractivity contribution in [2.45, 2.75) is 57.9 Å². The fraction of sp³-hybridized carbons (Fsp3) is 0.667. The predicted molar refractivity (Wildman–Crippen MR) is 87.2 cm³/mol. The minimum atomic E-state index is -0.325. The summed E-state index contributed by atoms with van der Waals surface area (Å²) in [6.07, 6.45) is 4.55. The van der Waals surface area contributed by atoms with Crippen LogP contribution in [0.25, 0.3) is 0 Å². The van der Waals surface area contributed by atoms with Crippen molar-refractivity contribution in [2.75, 3.05) is 11.4 Å². The van der Waals surface area contributed by atoms with E-state index in [1.165, 1.54) is 12.8 Å². The van der Waals surface area contributed by atoms with Crippen molar-refractivity contribution in [3.05, 3.63) is 16.5 Å². The van der Waals surface area contributed by atoms with Gasteiger partial charge in [-0.3, -0.25) is 4.79 Å². The molecule has 21 heavy (non-hydrogen) atoms. The van der Waals surface area contributed by atoms with E-state index < -0.39 is 0 Å². The van der Waals surface area contributed by atoms with Gasteiger partial charge in [-0.1, -0.05) is 33.6 Å². The normalized spacial score (nSPS) is 16.2. The fourth-order valence-electron chi connectivity index (χ4n) is 2.67. The van der Waals surface area contributed by atoms with Crippen LogP contribution in [0.3, 0.4) is 0 Å². The molecule has 1 aromatic heterocycles. The van der Waals surface area contributed by atoms with Crippen LogP contribution < -0.4 is 10.6 Å². The van der Waals surface area contributed by atoms with Crippen LogP contribution >= 0.6 is 15.9 Å². The van der Waals surface area contributed by atoms with Crippen LogP contribution in [0.4, 0.5) is 5.82 Å². The average molecular weight is 355 g/mol. The molecule has 1 aromatic rings. The van der Waals surface area contributed by atoms with Crippen molar-refractivity contribution in [2.24, 2.45) is 5.73 Å². The Morgan fingerprint density at radius 3 is 2.52 bits per heavy atom. The minimum absolute atomic E-state index is 0.146. The molecule has 1 saturated carbocycles. The number of primary amides is 1. The van der Waals surface area contributed by atoms with Crippen LogP contribution in [0.1, 0.15) is 52.3 Å². The van der Waals surface area contributed by atoms with E-state index in [-0.39, 0.29) is 17.9 Å². The lowest BCUT2D eigenvalue weighted by atomic mass is 9.96. The van der Waals surface area contributed by atoms with Gasteiger partial charge in [0.25, 0.3) is 0 Å². The largest absolute Gasteiger partial charge is 0.368 e. The molecular weight excluding hydrogens is 332 g/mol. The van der Waals surface area contributed by atoms with Gasteiger partial charge in [0, 0.05) is 17.5 Å². The number of aromatic nitrogens is 2. The lowest BCUT2D eigenvalue weighted by Crippen LogP contribution is -2.41. The van der Waals surface area contributed by atoms with Crippen LogP contribution in [0, 0.1) is 0 Å². The molecular formula is C15H23BrN4O. The van der Waals surface area contributed by atoms with Gasteiger partial charge in [0.2, 0.25) is 5.91 Å². The number of hydrogen-bond donors (Lipinski definition) is 1. The van der Waals surface area contributed by atoms with Crippen LogP contribution in [-0.4, -0.2) is 28.5 Å². The molecule has 116 valence electrons. The van der Waals surface area contributed by atoms with Crippen LogP contribution in [0.15, 0.2) is 10.7 Å². The maximum atomic E-state index is 11.4. The maximum absolute atomic E-state index is 11.4. The summed E-state index contributed by atoms with van der Waals surface area (Å²) in [5.41, 5.74) is 5.28. The van der Waals surface area contributed by atoms with E-state index in [1.54, 1.807) is 0 Å². The first-order valence-electron chi connectivity index (χ1n) is 7.37. The highest BCUT2D eigenvalue weighted by molar-refractivity contribution is 9.10. The van der Waals surface area contributed by atoms with E-state index in [0.29, 0.717) is 6.04 Å². The standard InChI is InChI=1S/C15H23BrN4O/c1-15(2,3)14-18-11(16)8-13(19-14)20(9-12(17)21)10-6-4-5-7-10/h8,10H,4-7,9H2,1-3H3,(H2,17,21). The van der Waals surface area contributed by atoms with Gasteiger partial charge in [-0.05, 0) is 28.8 Å². The predicted octanol–water partition coefficient (Wildman–Crippen LogP) is 2.77. The van der Waals surface area contributed by atoms with Crippen molar-refractivity contribution in [1.29, 1.82) is 0 Å². The Bertz CT molecular complexity index is 521. The number of nitrogens with zero attached hydrogens (tertiary/aromatic N) is 3. The lowest BCUT2D eigenvalue weighted by molar-refractivity contribution is -0.116. The molecule has 0 radical (unpaired) electrons. The Kier molecular flexibility index (Phi) is 4.86. The number of carbonyl (C=O) groups is 1. The van der Waals surface area contributed by atoms with Crippen LogP contribution in [0.5, 0.6) is 0 Å². The third-order valence-electron chi connectivity index (χ3n) is 3.74. The van der Waals surface area contributed by atoms with Gasteiger partial charge in [0.1, 0.15) is 16.2 Å². The quantitative estimate of drug-likeness (QED) is 0.843. The fourth-order valence-corrected chi connectivity index (χ4v) is 3.04. The summed E-state index contributed by atoms with van der Waals surface area (Å²) in [5, 5.41) is 0. The molecule has 2 N–H and O–H groups in total. The van der Waals surface area contributed by atoms with Crippen LogP contribution in [0.2, 0.25) is 0 Å². The summed E-state index contributed by atoms with van der Waals surface area (Å²) >= 11 is 3.45. The minimum Gasteiger partial charge on any atom is -0.368 e. The molecule has 1 fully saturated rings. The molecule has 0 unspecified atom stereocenters. The SMILES string of the molecule is CC(C)(C)c1nc(Br)cc(N(CC(N)=O)C2CCCC2)n1. The third kappa shape index (κ3) is 4.15. The second-order valence-corrected chi connectivity index (χ2v) is 7.47. The number of hydrogen-bond acceptors (Lipinski definition) is 4. The van der Waals surface area contributed by atoms with Crippen molar-refractivity contribution in [3.8, 4) is 0 Å². The summed E-state index contributed by atoms with van der Waals surface area (Å²) in [6, 6.07) is 2.21. The van der Waals surface area contributed by atoms with Crippen LogP contribution in [-0.2, 0) is 10.2 Å². The molecule has 0 atom stereocenters. The van der Waals surface area contributed by atoms with E-state index in [9.17, 15) is 4.79 Å². The topological polar surface area (TPSA) is 72.1 Å². The van der Waals surface area contributed by atoms with Crippen molar-refractivity contribution in [1.82, 2.24) is 9.97 Å². The Balaban J connectivity index is 2.38. The maximum Gasteiger partial charge on any atom is 0.237 e. The molecule has 1 aliphatic rings. The molecule has 0 bridgehead atoms. The van der Waals surface area contributed by atoms with Gasteiger partial charge < -0.3 is 10.6 Å². The third-order valence-corrected chi connectivity index (χ3v) is 4.14. The van der Waals surface area contributed by atoms with Gasteiger partial charge >= 0.3 is 0 Å². The summed E-state index contributed by atoms with van der Waals surface area (Å²) in [5.74, 6) is 1.22. The zero-order chi connectivity index (χ0) is 15.6. The van der Waals surface area contributed by atoms with E-state index in [1.807, 2.05) is 11.0 Å². The average Bonchev–Trinajstić information content (AvgIpc) is 2.87. The Hall–Kier alpha value is -1.17. The second kappa shape index (κ2) is 6.30. The molecule has 0 aliphatic heterocycles. The van der Waals surface area contributed by atoms with Gasteiger partial charge in [0.05, 0.1) is 6.54 Å². The van der Waals surface area contributed by atoms with E-state index in [0.717, 1.165) is 29.1 Å². The number of halogens is 1. The zero-order valence-electron chi connectivity index (χ0n) is 12.9. The summed E-state index contributed by atoms with van der Waals surface area (Å²) in [7, 11) is 0. The first kappa shape index (κ1) is 16.2. The van der Waals surface area contributed by atoms with E-state index in [2.05, 4.69) is 46.7 Å². The first-order valence-corrected chi connectivity index (χ1v) is 8.16. The lowest BCUT2D eigenvalue weighted by Gasteiger charge is -2.30. The summed E-state index contributed by atoms with van der Waals surface area (Å²) in [4.78, 5) is 22.6. The second-order valence-electron chi connectivity index (χ2n) is 6.65. The molecule has 0 spiro atoms. The number of rotatable bonds is 4. The summed E-state index contributed by atoms with van der Waals surface area (Å²) in [6.45, 7) is 6.43. The Morgan fingerprint density at radius 1 is 1.38 bits per heavy atom. The molecule has 5 nitrogen and oxygen atoms in total. The number of amides is 1. The van der Waals surface area contributed by atoms with Crippen molar-refractivity contribution in [3.63, 3.8) is 0 Å². The molecule has 1 heterocycles. The molecule has 0 saturated heterocycles. The molecule has 1 amide bonds. The monoisotopic (exact) mass is 354 g/mol.